The predicted octanol–water partition coefficient (Wildman–Crippen LogP) is 1.79. The standard InChI is InChI=1S/C15H27N3O3/c1-15(2,3)21-14(19)18-9-8-17-13(11-18)16-7-6-12-5-4-10-20-12/h12H,4-11H2,1-3H3,(H,16,17). The van der Waals surface area contributed by atoms with E-state index in [0.717, 1.165) is 38.2 Å². The molecule has 1 N–H and O–H groups in total. The number of carbonyl (C=O) groups excluding carboxylic acids is 1. The number of aliphatic imine (C=N–C) groups is 1. The number of nitrogens with one attached hydrogen (secondary N) is 1. The lowest BCUT2D eigenvalue weighted by molar-refractivity contribution is 0.0276. The lowest BCUT2D eigenvalue weighted by Crippen LogP contribution is -2.47. The van der Waals surface area contributed by atoms with E-state index in [1.54, 1.807) is 4.90 Å². The minimum absolute atomic E-state index is 0.268. The number of hydrogen-bond acceptors (Lipinski definition) is 5. The average Bonchev–Trinajstić information content (AvgIpc) is 2.90. The first-order chi connectivity index (χ1) is 9.94. The fraction of sp³-hybridized carbons (Fsp3) is 0.867. The minimum atomic E-state index is -0.459. The summed E-state index contributed by atoms with van der Waals surface area (Å²) in [6, 6.07) is 0. The van der Waals surface area contributed by atoms with Crippen molar-refractivity contribution >= 4 is 11.9 Å². The normalized spacial score (nSPS) is 22.9. The highest BCUT2D eigenvalue weighted by Gasteiger charge is 2.25. The van der Waals surface area contributed by atoms with Gasteiger partial charge in [-0.2, -0.15) is 0 Å². The molecule has 2 aliphatic heterocycles. The van der Waals surface area contributed by atoms with Crippen molar-refractivity contribution in [3.8, 4) is 0 Å². The molecule has 2 aliphatic rings. The monoisotopic (exact) mass is 297 g/mol. The van der Waals surface area contributed by atoms with Crippen LogP contribution in [0, 0.1) is 0 Å². The Labute approximate surface area is 126 Å². The van der Waals surface area contributed by atoms with Gasteiger partial charge in [0.1, 0.15) is 11.4 Å². The summed E-state index contributed by atoms with van der Waals surface area (Å²) in [4.78, 5) is 18.2. The molecule has 1 saturated heterocycles. The quantitative estimate of drug-likeness (QED) is 0.862. The van der Waals surface area contributed by atoms with Gasteiger partial charge in [-0.15, -0.1) is 0 Å². The van der Waals surface area contributed by atoms with Crippen LogP contribution in [0.25, 0.3) is 0 Å². The molecule has 21 heavy (non-hydrogen) atoms. The van der Waals surface area contributed by atoms with Crippen LogP contribution >= 0.6 is 0 Å². The third-order valence-corrected chi connectivity index (χ3v) is 3.48. The third kappa shape index (κ3) is 5.53. The second-order valence-electron chi connectivity index (χ2n) is 6.58. The first-order valence-electron chi connectivity index (χ1n) is 7.81. The molecule has 2 heterocycles. The van der Waals surface area contributed by atoms with E-state index in [-0.39, 0.29) is 6.09 Å². The third-order valence-electron chi connectivity index (χ3n) is 3.48. The number of amidine groups is 1. The number of hydrogen-bond donors (Lipinski definition) is 1. The van der Waals surface area contributed by atoms with Crippen LogP contribution in [0.1, 0.15) is 40.0 Å². The van der Waals surface area contributed by atoms with E-state index >= 15 is 0 Å². The minimum Gasteiger partial charge on any atom is -0.444 e. The van der Waals surface area contributed by atoms with E-state index in [9.17, 15) is 4.79 Å². The molecule has 1 amide bonds. The van der Waals surface area contributed by atoms with Crippen LogP contribution in [0.2, 0.25) is 0 Å². The van der Waals surface area contributed by atoms with Crippen molar-refractivity contribution in [1.82, 2.24) is 10.2 Å². The van der Waals surface area contributed by atoms with Crippen molar-refractivity contribution in [2.24, 2.45) is 4.99 Å². The lowest BCUT2D eigenvalue weighted by atomic mass is 10.2. The van der Waals surface area contributed by atoms with E-state index in [1.165, 1.54) is 0 Å². The highest BCUT2D eigenvalue weighted by molar-refractivity contribution is 5.87. The molecule has 1 unspecified atom stereocenters. The molecule has 120 valence electrons. The Bertz CT molecular complexity index is 384. The van der Waals surface area contributed by atoms with E-state index in [1.807, 2.05) is 20.8 Å². The summed E-state index contributed by atoms with van der Waals surface area (Å²) in [5.41, 5.74) is -0.459. The zero-order chi connectivity index (χ0) is 15.3. The van der Waals surface area contributed by atoms with Gasteiger partial charge in [0.15, 0.2) is 0 Å². The molecule has 0 spiro atoms. The number of amides is 1. The van der Waals surface area contributed by atoms with E-state index in [2.05, 4.69) is 10.3 Å². The zero-order valence-electron chi connectivity index (χ0n) is 13.4. The van der Waals surface area contributed by atoms with Gasteiger partial charge >= 0.3 is 6.09 Å². The first-order valence-corrected chi connectivity index (χ1v) is 7.81. The van der Waals surface area contributed by atoms with Crippen molar-refractivity contribution in [1.29, 1.82) is 0 Å². The Balaban J connectivity index is 1.72. The second kappa shape index (κ2) is 7.11. The van der Waals surface area contributed by atoms with Gasteiger partial charge in [0.25, 0.3) is 0 Å². The van der Waals surface area contributed by atoms with Crippen LogP contribution in [0.3, 0.4) is 0 Å². The molecule has 1 fully saturated rings. The summed E-state index contributed by atoms with van der Waals surface area (Å²) < 4.78 is 11.0. The van der Waals surface area contributed by atoms with Crippen LogP contribution < -0.4 is 5.32 Å². The molecule has 2 rings (SSSR count). The second-order valence-corrected chi connectivity index (χ2v) is 6.58. The van der Waals surface area contributed by atoms with Crippen molar-refractivity contribution < 1.29 is 14.3 Å². The molecule has 6 nitrogen and oxygen atoms in total. The molecule has 0 aromatic heterocycles. The van der Waals surface area contributed by atoms with Gasteiger partial charge in [0, 0.05) is 19.7 Å². The van der Waals surface area contributed by atoms with Gasteiger partial charge in [0.05, 0.1) is 19.2 Å². The highest BCUT2D eigenvalue weighted by atomic mass is 16.6. The smallest absolute Gasteiger partial charge is 0.410 e. The molecule has 0 bridgehead atoms. The molecule has 1 atom stereocenters. The Kier molecular flexibility index (Phi) is 5.45. The number of rotatable bonds is 3. The zero-order valence-corrected chi connectivity index (χ0v) is 13.4. The Morgan fingerprint density at radius 1 is 1.52 bits per heavy atom. The maximum Gasteiger partial charge on any atom is 0.410 e. The number of nitrogens with zero attached hydrogens (tertiary/aromatic N) is 2. The van der Waals surface area contributed by atoms with Crippen molar-refractivity contribution in [3.05, 3.63) is 0 Å². The fourth-order valence-electron chi connectivity index (χ4n) is 2.46. The van der Waals surface area contributed by atoms with Gasteiger partial charge in [-0.1, -0.05) is 0 Å². The molecule has 0 saturated carbocycles. The molecular weight excluding hydrogens is 270 g/mol. The predicted molar refractivity (Wildman–Crippen MR) is 81.7 cm³/mol. The van der Waals surface area contributed by atoms with Crippen LogP contribution in [-0.2, 0) is 9.47 Å². The number of ether oxygens (including phenoxy) is 2. The molecule has 0 aliphatic carbocycles. The van der Waals surface area contributed by atoms with Crippen LogP contribution in [0.15, 0.2) is 4.99 Å². The SMILES string of the molecule is CC(C)(C)OC(=O)N1CCN=C(NCCC2CCCO2)C1. The lowest BCUT2D eigenvalue weighted by Gasteiger charge is -2.30. The van der Waals surface area contributed by atoms with Crippen molar-refractivity contribution in [3.63, 3.8) is 0 Å². The fourth-order valence-corrected chi connectivity index (χ4v) is 2.46. The van der Waals surface area contributed by atoms with Crippen LogP contribution in [0.5, 0.6) is 0 Å². The summed E-state index contributed by atoms with van der Waals surface area (Å²) in [6.45, 7) is 9.11. The van der Waals surface area contributed by atoms with E-state index in [4.69, 9.17) is 9.47 Å². The summed E-state index contributed by atoms with van der Waals surface area (Å²) >= 11 is 0. The van der Waals surface area contributed by atoms with E-state index < -0.39 is 5.60 Å². The van der Waals surface area contributed by atoms with Crippen molar-refractivity contribution in [2.45, 2.75) is 51.7 Å². The Morgan fingerprint density at radius 3 is 3.00 bits per heavy atom. The Morgan fingerprint density at radius 2 is 2.33 bits per heavy atom. The van der Waals surface area contributed by atoms with Crippen molar-refractivity contribution in [2.75, 3.05) is 32.8 Å². The van der Waals surface area contributed by atoms with Gasteiger partial charge < -0.3 is 14.8 Å². The van der Waals surface area contributed by atoms with Gasteiger partial charge in [0.2, 0.25) is 0 Å². The van der Waals surface area contributed by atoms with Gasteiger partial charge in [-0.3, -0.25) is 9.89 Å². The average molecular weight is 297 g/mol. The van der Waals surface area contributed by atoms with Gasteiger partial charge in [-0.05, 0) is 40.0 Å². The largest absolute Gasteiger partial charge is 0.444 e. The molecule has 0 aromatic carbocycles. The molecule has 0 radical (unpaired) electrons. The topological polar surface area (TPSA) is 63.2 Å². The Hall–Kier alpha value is -1.30. The summed E-state index contributed by atoms with van der Waals surface area (Å²) in [5.74, 6) is 0.866. The number of carbonyl (C=O) groups is 1. The molecular formula is C15H27N3O3. The summed E-state index contributed by atoms with van der Waals surface area (Å²) in [6.07, 6.45) is 3.42. The summed E-state index contributed by atoms with van der Waals surface area (Å²) in [7, 11) is 0. The molecule has 6 heteroatoms. The highest BCUT2D eigenvalue weighted by Crippen LogP contribution is 2.14. The van der Waals surface area contributed by atoms with Crippen LogP contribution in [0.4, 0.5) is 4.79 Å². The van der Waals surface area contributed by atoms with Crippen LogP contribution in [-0.4, -0.2) is 61.3 Å². The first kappa shape index (κ1) is 16.1. The maximum atomic E-state index is 12.0. The maximum absolute atomic E-state index is 12.0. The summed E-state index contributed by atoms with van der Waals surface area (Å²) in [5, 5.41) is 3.32. The molecule has 0 aromatic rings. The van der Waals surface area contributed by atoms with Gasteiger partial charge in [-0.25, -0.2) is 4.79 Å². The van der Waals surface area contributed by atoms with E-state index in [0.29, 0.717) is 25.7 Å².